The number of hydrogen-bond donors (Lipinski definition) is 2. The zero-order valence-corrected chi connectivity index (χ0v) is 18.4. The molecule has 6 heteroatoms. The molecule has 0 aliphatic heterocycles. The van der Waals surface area contributed by atoms with Gasteiger partial charge in [-0.3, -0.25) is 9.59 Å². The number of carbonyl (C=O) groups is 3. The smallest absolute Gasteiger partial charge is 0.408 e. The predicted molar refractivity (Wildman–Crippen MR) is 107 cm³/mol. The van der Waals surface area contributed by atoms with E-state index in [-0.39, 0.29) is 29.5 Å². The first-order valence-electron chi connectivity index (χ1n) is 10.0. The third-order valence-electron chi connectivity index (χ3n) is 6.05. The number of ketones is 1. The van der Waals surface area contributed by atoms with E-state index in [9.17, 15) is 19.5 Å². The van der Waals surface area contributed by atoms with Crippen LogP contribution in [0.2, 0.25) is 0 Å². The average molecular weight is 394 g/mol. The molecule has 0 aromatic rings. The number of rotatable bonds is 4. The van der Waals surface area contributed by atoms with Gasteiger partial charge in [-0.1, -0.05) is 40.7 Å². The summed E-state index contributed by atoms with van der Waals surface area (Å²) in [5.74, 6) is -1.28. The molecule has 4 atom stereocenters. The first-order valence-corrected chi connectivity index (χ1v) is 10.0. The van der Waals surface area contributed by atoms with Crippen LogP contribution in [0.1, 0.15) is 68.2 Å². The lowest BCUT2D eigenvalue weighted by molar-refractivity contribution is -0.142. The second-order valence-electron chi connectivity index (χ2n) is 10.9. The number of fused-ring (bicyclic) bond motifs is 1. The second kappa shape index (κ2) is 7.20. The van der Waals surface area contributed by atoms with Crippen LogP contribution in [-0.4, -0.2) is 34.6 Å². The van der Waals surface area contributed by atoms with Crippen LogP contribution >= 0.6 is 0 Å². The summed E-state index contributed by atoms with van der Waals surface area (Å²) in [4.78, 5) is 37.5. The van der Waals surface area contributed by atoms with Crippen molar-refractivity contribution in [2.24, 2.45) is 28.6 Å². The van der Waals surface area contributed by atoms with E-state index in [1.807, 2.05) is 26.8 Å². The summed E-state index contributed by atoms with van der Waals surface area (Å²) in [7, 11) is 0. The van der Waals surface area contributed by atoms with Crippen LogP contribution < -0.4 is 5.32 Å². The monoisotopic (exact) mass is 393 g/mol. The first-order chi connectivity index (χ1) is 12.6. The lowest BCUT2D eigenvalue weighted by Gasteiger charge is -2.32. The van der Waals surface area contributed by atoms with Gasteiger partial charge in [-0.15, -0.1) is 0 Å². The van der Waals surface area contributed by atoms with Gasteiger partial charge in [0.25, 0.3) is 0 Å². The van der Waals surface area contributed by atoms with Crippen molar-refractivity contribution in [2.75, 3.05) is 0 Å². The summed E-state index contributed by atoms with van der Waals surface area (Å²) in [5.41, 5.74) is -0.710. The maximum absolute atomic E-state index is 13.3. The fraction of sp³-hybridized carbons (Fsp3) is 0.773. The van der Waals surface area contributed by atoms with E-state index in [4.69, 9.17) is 4.74 Å². The van der Waals surface area contributed by atoms with Crippen LogP contribution in [0.3, 0.4) is 0 Å². The van der Waals surface area contributed by atoms with Crippen molar-refractivity contribution < 1.29 is 24.2 Å². The molecule has 0 spiro atoms. The van der Waals surface area contributed by atoms with Gasteiger partial charge in [0.2, 0.25) is 0 Å². The van der Waals surface area contributed by atoms with Crippen LogP contribution in [-0.2, 0) is 14.3 Å². The summed E-state index contributed by atoms with van der Waals surface area (Å²) in [6, 6.07) is -0.787. The normalized spacial score (nSPS) is 27.6. The molecule has 1 saturated carbocycles. The summed E-state index contributed by atoms with van der Waals surface area (Å²) in [6.07, 6.45) is 2.16. The van der Waals surface area contributed by atoms with Gasteiger partial charge in [0.05, 0.1) is 12.0 Å². The number of Topliss-reactive ketones (excluding diaryl/α,β-unsaturated/α-hetero) is 1. The van der Waals surface area contributed by atoms with Crippen molar-refractivity contribution >= 4 is 17.8 Å². The lowest BCUT2D eigenvalue weighted by atomic mass is 9.79. The number of carboxylic acid groups (broad SMARTS) is 1. The molecule has 28 heavy (non-hydrogen) atoms. The van der Waals surface area contributed by atoms with Gasteiger partial charge in [-0.25, -0.2) is 4.79 Å². The number of ether oxygens (including phenoxy) is 1. The molecule has 2 N–H and O–H groups in total. The molecule has 1 amide bonds. The fourth-order valence-electron chi connectivity index (χ4n) is 4.48. The van der Waals surface area contributed by atoms with Crippen LogP contribution in [0, 0.1) is 28.6 Å². The van der Waals surface area contributed by atoms with Gasteiger partial charge in [0.1, 0.15) is 5.60 Å². The highest BCUT2D eigenvalue weighted by Gasteiger charge is 2.62. The molecular weight excluding hydrogens is 358 g/mol. The number of aliphatic carboxylic acids is 1. The van der Waals surface area contributed by atoms with Crippen molar-refractivity contribution in [1.82, 2.24) is 5.32 Å². The average Bonchev–Trinajstić information content (AvgIpc) is 3.09. The summed E-state index contributed by atoms with van der Waals surface area (Å²) in [5, 5.41) is 12.5. The van der Waals surface area contributed by atoms with E-state index in [0.29, 0.717) is 12.0 Å². The topological polar surface area (TPSA) is 92.7 Å². The number of alkyl carbamates (subject to hydrolysis) is 1. The Balaban J connectivity index is 2.24. The van der Waals surface area contributed by atoms with Gasteiger partial charge >= 0.3 is 12.1 Å². The lowest BCUT2D eigenvalue weighted by Crippen LogP contribution is -2.51. The Morgan fingerprint density at radius 2 is 1.75 bits per heavy atom. The van der Waals surface area contributed by atoms with E-state index < -0.39 is 35.0 Å². The minimum Gasteiger partial charge on any atom is -0.481 e. The maximum Gasteiger partial charge on any atom is 0.408 e. The number of hydrogen-bond acceptors (Lipinski definition) is 4. The maximum atomic E-state index is 13.3. The van der Waals surface area contributed by atoms with E-state index >= 15 is 0 Å². The third-order valence-corrected chi connectivity index (χ3v) is 6.05. The van der Waals surface area contributed by atoms with Gasteiger partial charge in [0, 0.05) is 0 Å². The molecule has 0 radical (unpaired) electrons. The van der Waals surface area contributed by atoms with E-state index in [1.54, 1.807) is 20.8 Å². The van der Waals surface area contributed by atoms with Gasteiger partial charge in [-0.2, -0.15) is 0 Å². The molecule has 2 rings (SSSR count). The highest BCUT2D eigenvalue weighted by molar-refractivity contribution is 6.02. The molecule has 0 bridgehead atoms. The molecule has 1 fully saturated rings. The third kappa shape index (κ3) is 4.76. The number of allylic oxidation sites excluding steroid dienone is 1. The standard InChI is InChI=1S/C22H35NO5/c1-20(2,3)17(23-19(27)28-21(4,5)6)16(24)12-9-10-14-15(22(14,7)8)13(11-12)18(25)26/h9,13-15,17H,10-11H2,1-8H3,(H,23,27)(H,25,26)/t13-,14-,15+,17+/m0/s1. The molecule has 0 unspecified atom stereocenters. The van der Waals surface area contributed by atoms with Crippen LogP contribution in [0.25, 0.3) is 0 Å². The van der Waals surface area contributed by atoms with E-state index in [2.05, 4.69) is 19.2 Å². The predicted octanol–water partition coefficient (Wildman–Crippen LogP) is 4.19. The molecule has 6 nitrogen and oxygen atoms in total. The number of carbonyl (C=O) groups excluding carboxylic acids is 2. The number of nitrogens with one attached hydrogen (secondary N) is 1. The highest BCUT2D eigenvalue weighted by Crippen LogP contribution is 2.65. The number of amides is 1. The molecule has 158 valence electrons. The van der Waals surface area contributed by atoms with Crippen LogP contribution in [0.4, 0.5) is 4.79 Å². The van der Waals surface area contributed by atoms with Crippen molar-refractivity contribution in [3.8, 4) is 0 Å². The fourth-order valence-corrected chi connectivity index (χ4v) is 4.48. The van der Waals surface area contributed by atoms with Gasteiger partial charge in [-0.05, 0) is 61.9 Å². The van der Waals surface area contributed by atoms with Crippen molar-refractivity contribution in [3.05, 3.63) is 11.6 Å². The molecule has 2 aliphatic carbocycles. The SMILES string of the molecule is CC(C)(C)OC(=O)N[C@H](C(=O)C1=CC[C@H]2[C@@H]([C@@H](C(=O)O)C1)C2(C)C)C(C)(C)C. The quantitative estimate of drug-likeness (QED) is 0.747. The zero-order valence-electron chi connectivity index (χ0n) is 18.4. The molecule has 0 aromatic carbocycles. The number of carboxylic acids is 1. The largest absolute Gasteiger partial charge is 0.481 e. The Morgan fingerprint density at radius 3 is 2.21 bits per heavy atom. The molecule has 0 heterocycles. The minimum atomic E-state index is -0.853. The highest BCUT2D eigenvalue weighted by atomic mass is 16.6. The Morgan fingerprint density at radius 1 is 1.18 bits per heavy atom. The second-order valence-corrected chi connectivity index (χ2v) is 10.9. The Bertz CT molecular complexity index is 693. The van der Waals surface area contributed by atoms with E-state index in [0.717, 1.165) is 0 Å². The van der Waals surface area contributed by atoms with Gasteiger partial charge < -0.3 is 15.2 Å². The molecular formula is C22H35NO5. The summed E-state index contributed by atoms with van der Waals surface area (Å²) >= 11 is 0. The van der Waals surface area contributed by atoms with Crippen molar-refractivity contribution in [1.29, 1.82) is 0 Å². The zero-order chi connectivity index (χ0) is 21.7. The van der Waals surface area contributed by atoms with E-state index in [1.165, 1.54) is 0 Å². The van der Waals surface area contributed by atoms with Crippen molar-refractivity contribution in [2.45, 2.75) is 79.9 Å². The summed E-state index contributed by atoms with van der Waals surface area (Å²) < 4.78 is 5.32. The molecule has 0 saturated heterocycles. The molecule has 0 aromatic heterocycles. The Kier molecular flexibility index (Phi) is 5.77. The molecule has 2 aliphatic rings. The minimum absolute atomic E-state index is 0.00761. The van der Waals surface area contributed by atoms with Crippen LogP contribution in [0.5, 0.6) is 0 Å². The van der Waals surface area contributed by atoms with Crippen molar-refractivity contribution in [3.63, 3.8) is 0 Å². The first kappa shape index (κ1) is 22.4. The van der Waals surface area contributed by atoms with Crippen LogP contribution in [0.15, 0.2) is 11.6 Å². The Hall–Kier alpha value is -1.85. The van der Waals surface area contributed by atoms with Gasteiger partial charge in [0.15, 0.2) is 5.78 Å². The Labute approximate surface area is 168 Å². The summed E-state index contributed by atoms with van der Waals surface area (Å²) in [6.45, 7) is 15.1.